The molecule has 0 spiro atoms. The van der Waals surface area contributed by atoms with Crippen LogP contribution in [0.5, 0.6) is 0 Å². The average molecular weight is 224 g/mol. The fraction of sp³-hybridized carbons (Fsp3) is 0.667. The van der Waals surface area contributed by atoms with Crippen LogP contribution in [0.2, 0.25) is 0 Å². The van der Waals surface area contributed by atoms with Crippen LogP contribution in [0.25, 0.3) is 0 Å². The minimum Gasteiger partial charge on any atom is -0.446 e. The monoisotopic (exact) mass is 224 g/mol. The zero-order valence-corrected chi connectivity index (χ0v) is 10.7. The van der Waals surface area contributed by atoms with Crippen LogP contribution in [0, 0.1) is 19.3 Å². The highest BCUT2D eigenvalue weighted by atomic mass is 16.4. The van der Waals surface area contributed by atoms with Gasteiger partial charge in [-0.3, -0.25) is 4.79 Å². The summed E-state index contributed by atoms with van der Waals surface area (Å²) in [6, 6.07) is 0. The summed E-state index contributed by atoms with van der Waals surface area (Å²) >= 11 is 0. The maximum Gasteiger partial charge on any atom is 0.225 e. The first kappa shape index (κ1) is 12.7. The van der Waals surface area contributed by atoms with Gasteiger partial charge in [-0.1, -0.05) is 20.8 Å². The molecule has 0 unspecified atom stereocenters. The van der Waals surface area contributed by atoms with Crippen molar-refractivity contribution in [2.45, 2.75) is 41.0 Å². The van der Waals surface area contributed by atoms with Gasteiger partial charge in [-0.15, -0.1) is 0 Å². The summed E-state index contributed by atoms with van der Waals surface area (Å²) in [4.78, 5) is 15.8. The third-order valence-electron chi connectivity index (χ3n) is 2.32. The second kappa shape index (κ2) is 4.68. The SMILES string of the molecule is Cc1nc(C)c(CCNC(=O)C(C)(C)C)o1. The summed E-state index contributed by atoms with van der Waals surface area (Å²) in [5.74, 6) is 1.59. The van der Waals surface area contributed by atoms with Gasteiger partial charge in [0.15, 0.2) is 5.89 Å². The van der Waals surface area contributed by atoms with Crippen LogP contribution in [0.1, 0.15) is 38.1 Å². The molecule has 4 nitrogen and oxygen atoms in total. The van der Waals surface area contributed by atoms with Crippen molar-refractivity contribution >= 4 is 5.91 Å². The van der Waals surface area contributed by atoms with Crippen molar-refractivity contribution in [3.05, 3.63) is 17.3 Å². The number of nitrogens with one attached hydrogen (secondary N) is 1. The number of carbonyl (C=O) groups is 1. The molecule has 1 heterocycles. The van der Waals surface area contributed by atoms with Gasteiger partial charge >= 0.3 is 0 Å². The smallest absolute Gasteiger partial charge is 0.225 e. The van der Waals surface area contributed by atoms with E-state index in [2.05, 4.69) is 10.3 Å². The maximum absolute atomic E-state index is 11.6. The van der Waals surface area contributed by atoms with Gasteiger partial charge < -0.3 is 9.73 Å². The van der Waals surface area contributed by atoms with Crippen molar-refractivity contribution in [2.24, 2.45) is 5.41 Å². The van der Waals surface area contributed by atoms with Crippen molar-refractivity contribution in [2.75, 3.05) is 6.54 Å². The minimum absolute atomic E-state index is 0.0568. The molecule has 1 N–H and O–H groups in total. The van der Waals surface area contributed by atoms with E-state index < -0.39 is 0 Å². The Morgan fingerprint density at radius 3 is 2.44 bits per heavy atom. The molecule has 1 aromatic rings. The Labute approximate surface area is 96.4 Å². The molecular weight excluding hydrogens is 204 g/mol. The highest BCUT2D eigenvalue weighted by Gasteiger charge is 2.20. The van der Waals surface area contributed by atoms with Crippen molar-refractivity contribution < 1.29 is 9.21 Å². The molecule has 0 aliphatic carbocycles. The maximum atomic E-state index is 11.6. The van der Waals surface area contributed by atoms with Crippen molar-refractivity contribution in [3.63, 3.8) is 0 Å². The molecule has 16 heavy (non-hydrogen) atoms. The Morgan fingerprint density at radius 1 is 1.38 bits per heavy atom. The summed E-state index contributed by atoms with van der Waals surface area (Å²) in [5, 5.41) is 2.88. The number of amides is 1. The van der Waals surface area contributed by atoms with Crippen LogP contribution < -0.4 is 5.32 Å². The largest absolute Gasteiger partial charge is 0.446 e. The normalized spacial score (nSPS) is 11.6. The second-order valence-corrected chi connectivity index (χ2v) is 5.00. The van der Waals surface area contributed by atoms with Gasteiger partial charge in [0.1, 0.15) is 5.76 Å². The number of rotatable bonds is 3. The summed E-state index contributed by atoms with van der Waals surface area (Å²) in [5.41, 5.74) is 0.564. The van der Waals surface area contributed by atoms with Gasteiger partial charge in [0.05, 0.1) is 5.69 Å². The molecule has 0 saturated heterocycles. The number of oxazole rings is 1. The molecule has 0 saturated carbocycles. The van der Waals surface area contributed by atoms with E-state index >= 15 is 0 Å². The third kappa shape index (κ3) is 3.36. The number of aryl methyl sites for hydroxylation is 2. The number of nitrogens with zero attached hydrogens (tertiary/aromatic N) is 1. The quantitative estimate of drug-likeness (QED) is 0.854. The number of carbonyl (C=O) groups excluding carboxylic acids is 1. The fourth-order valence-corrected chi connectivity index (χ4v) is 1.36. The Bertz CT molecular complexity index is 375. The molecule has 0 radical (unpaired) electrons. The van der Waals surface area contributed by atoms with Gasteiger partial charge in [0, 0.05) is 25.3 Å². The summed E-state index contributed by atoms with van der Waals surface area (Å²) < 4.78 is 5.42. The van der Waals surface area contributed by atoms with Gasteiger partial charge in [-0.05, 0) is 6.92 Å². The molecule has 0 atom stereocenters. The predicted octanol–water partition coefficient (Wildman–Crippen LogP) is 2.00. The lowest BCUT2D eigenvalue weighted by Crippen LogP contribution is -2.35. The van der Waals surface area contributed by atoms with Crippen LogP contribution >= 0.6 is 0 Å². The van der Waals surface area contributed by atoms with E-state index in [1.165, 1.54) is 0 Å². The van der Waals surface area contributed by atoms with Crippen LogP contribution in [-0.4, -0.2) is 17.4 Å². The Hall–Kier alpha value is -1.32. The molecule has 0 fully saturated rings. The second-order valence-electron chi connectivity index (χ2n) is 5.00. The molecule has 4 heteroatoms. The highest BCUT2D eigenvalue weighted by molar-refractivity contribution is 5.81. The van der Waals surface area contributed by atoms with Crippen LogP contribution in [0.4, 0.5) is 0 Å². The van der Waals surface area contributed by atoms with E-state index in [1.807, 2.05) is 34.6 Å². The lowest BCUT2D eigenvalue weighted by atomic mass is 9.96. The molecule has 0 aliphatic heterocycles. The van der Waals surface area contributed by atoms with Crippen molar-refractivity contribution in [1.82, 2.24) is 10.3 Å². The molecule has 1 aromatic heterocycles. The number of hydrogen-bond acceptors (Lipinski definition) is 3. The van der Waals surface area contributed by atoms with E-state index in [1.54, 1.807) is 0 Å². The summed E-state index contributed by atoms with van der Waals surface area (Å²) in [6.45, 7) is 10.0. The van der Waals surface area contributed by atoms with Gasteiger partial charge in [0.2, 0.25) is 5.91 Å². The third-order valence-corrected chi connectivity index (χ3v) is 2.32. The summed E-state index contributed by atoms with van der Waals surface area (Å²) in [6.07, 6.45) is 0.689. The topological polar surface area (TPSA) is 55.1 Å². The Balaban J connectivity index is 2.42. The van der Waals surface area contributed by atoms with Crippen LogP contribution in [-0.2, 0) is 11.2 Å². The predicted molar refractivity (Wildman–Crippen MR) is 62.1 cm³/mol. The van der Waals surface area contributed by atoms with Crippen molar-refractivity contribution in [1.29, 1.82) is 0 Å². The highest BCUT2D eigenvalue weighted by Crippen LogP contribution is 2.13. The van der Waals surface area contributed by atoms with Gasteiger partial charge in [0.25, 0.3) is 0 Å². The van der Waals surface area contributed by atoms with E-state index in [9.17, 15) is 4.79 Å². The van der Waals surface area contributed by atoms with E-state index in [-0.39, 0.29) is 11.3 Å². The fourth-order valence-electron chi connectivity index (χ4n) is 1.36. The minimum atomic E-state index is -0.341. The zero-order valence-electron chi connectivity index (χ0n) is 10.7. The standard InChI is InChI=1S/C12H20N2O2/c1-8-10(16-9(2)14-8)6-7-13-11(15)12(3,4)5/h6-7H2,1-5H3,(H,13,15). The Kier molecular flexibility index (Phi) is 3.73. The van der Waals surface area contributed by atoms with Crippen LogP contribution in [0.3, 0.4) is 0 Å². The Morgan fingerprint density at radius 2 is 2.00 bits per heavy atom. The molecular formula is C12H20N2O2. The molecule has 90 valence electrons. The number of aromatic nitrogens is 1. The first-order chi connectivity index (χ1) is 7.30. The van der Waals surface area contributed by atoms with Crippen LogP contribution in [0.15, 0.2) is 4.42 Å². The summed E-state index contributed by atoms with van der Waals surface area (Å²) in [7, 11) is 0. The molecule has 1 rings (SSSR count). The molecule has 0 aromatic carbocycles. The molecule has 1 amide bonds. The average Bonchev–Trinajstić information content (AvgIpc) is 2.43. The first-order valence-electron chi connectivity index (χ1n) is 5.52. The number of hydrogen-bond donors (Lipinski definition) is 1. The van der Waals surface area contributed by atoms with Gasteiger partial charge in [-0.25, -0.2) is 4.98 Å². The van der Waals surface area contributed by atoms with Crippen molar-refractivity contribution in [3.8, 4) is 0 Å². The van der Waals surface area contributed by atoms with Gasteiger partial charge in [-0.2, -0.15) is 0 Å². The van der Waals surface area contributed by atoms with E-state index in [0.29, 0.717) is 18.9 Å². The lowest BCUT2D eigenvalue weighted by Gasteiger charge is -2.17. The molecule has 0 aliphatic rings. The molecule has 0 bridgehead atoms. The van der Waals surface area contributed by atoms with E-state index in [4.69, 9.17) is 4.42 Å². The zero-order chi connectivity index (χ0) is 12.3. The lowest BCUT2D eigenvalue weighted by molar-refractivity contribution is -0.128. The first-order valence-corrected chi connectivity index (χ1v) is 5.52. The van der Waals surface area contributed by atoms with E-state index in [0.717, 1.165) is 11.5 Å².